The van der Waals surface area contributed by atoms with Crippen molar-refractivity contribution in [2.75, 3.05) is 0 Å². The minimum Gasteiger partial charge on any atom is -0.400 e. The van der Waals surface area contributed by atoms with Crippen molar-refractivity contribution in [3.8, 4) is 0 Å². The highest BCUT2D eigenvalue weighted by Crippen LogP contribution is 2.42. The Morgan fingerprint density at radius 3 is 1.00 bits per heavy atom. The molecule has 2 aliphatic rings. The fraction of sp³-hybridized carbons (Fsp3) is 0.857. The fourth-order valence-electron chi connectivity index (χ4n) is 2.10. The van der Waals surface area contributed by atoms with E-state index in [1.807, 2.05) is 55.4 Å². The molecule has 2 rings (SSSR count). The summed E-state index contributed by atoms with van der Waals surface area (Å²) in [6, 6.07) is 0. The fourth-order valence-corrected chi connectivity index (χ4v) is 2.10. The monoisotopic (exact) mass is 280 g/mol. The minimum atomic E-state index is -0.505. The van der Waals surface area contributed by atoms with E-state index in [1.165, 1.54) is 0 Å². The summed E-state index contributed by atoms with van der Waals surface area (Å²) in [7, 11) is -1.01. The Morgan fingerprint density at radius 2 is 0.800 bits per heavy atom. The van der Waals surface area contributed by atoms with Gasteiger partial charge in [-0.15, -0.1) is 6.58 Å². The second-order valence-corrected chi connectivity index (χ2v) is 7.75. The Bertz CT molecular complexity index is 359. The maximum atomic E-state index is 5.99. The molecule has 2 saturated heterocycles. The van der Waals surface area contributed by atoms with Gasteiger partial charge in [0.1, 0.15) is 0 Å². The smallest absolute Gasteiger partial charge is 0.400 e. The van der Waals surface area contributed by atoms with Crippen molar-refractivity contribution in [2.45, 2.75) is 77.8 Å². The molecule has 2 heterocycles. The number of hydrogen-bond donors (Lipinski definition) is 0. The topological polar surface area (TPSA) is 36.9 Å². The Labute approximate surface area is 123 Å². The third-order valence-corrected chi connectivity index (χ3v) is 5.11. The number of hydrogen-bond acceptors (Lipinski definition) is 4. The van der Waals surface area contributed by atoms with E-state index >= 15 is 0 Å². The molecule has 0 spiro atoms. The summed E-state index contributed by atoms with van der Waals surface area (Å²) < 4.78 is 24.0. The van der Waals surface area contributed by atoms with Gasteiger partial charge in [0, 0.05) is 0 Å². The first-order valence-corrected chi connectivity index (χ1v) is 7.19. The molecule has 0 amide bonds. The molecule has 0 N–H and O–H groups in total. The van der Waals surface area contributed by atoms with Gasteiger partial charge in [-0.2, -0.15) is 0 Å². The summed E-state index contributed by atoms with van der Waals surface area (Å²) in [6.45, 7) is 20.2. The lowest BCUT2D eigenvalue weighted by molar-refractivity contribution is 0.00578. The Kier molecular flexibility index (Phi) is 3.50. The molecular formula is C14H26B2O4. The Morgan fingerprint density at radius 1 is 0.600 bits per heavy atom. The molecule has 0 aromatic carbocycles. The third-order valence-electron chi connectivity index (χ3n) is 5.11. The summed E-state index contributed by atoms with van der Waals surface area (Å²) >= 11 is 0. The molecule has 2 aliphatic heterocycles. The molecule has 0 bridgehead atoms. The lowest BCUT2D eigenvalue weighted by Crippen LogP contribution is -2.41. The van der Waals surface area contributed by atoms with E-state index in [1.54, 1.807) is 0 Å². The molecule has 2 fully saturated rings. The third kappa shape index (κ3) is 2.37. The van der Waals surface area contributed by atoms with E-state index in [4.69, 9.17) is 18.6 Å². The van der Waals surface area contributed by atoms with Gasteiger partial charge in [0.2, 0.25) is 0 Å². The van der Waals surface area contributed by atoms with Crippen LogP contribution < -0.4 is 0 Å². The molecule has 0 aromatic heterocycles. The van der Waals surface area contributed by atoms with Crippen molar-refractivity contribution in [2.24, 2.45) is 0 Å². The van der Waals surface area contributed by atoms with Crippen LogP contribution in [0.5, 0.6) is 0 Å². The van der Waals surface area contributed by atoms with Gasteiger partial charge in [-0.3, -0.25) is 0 Å². The molecule has 0 saturated carbocycles. The molecule has 0 atom stereocenters. The minimum absolute atomic E-state index is 0.385. The zero-order valence-corrected chi connectivity index (χ0v) is 14.0. The zero-order chi connectivity index (χ0) is 15.6. The van der Waals surface area contributed by atoms with Gasteiger partial charge in [-0.1, -0.05) is 0 Å². The predicted octanol–water partition coefficient (Wildman–Crippen LogP) is 2.81. The van der Waals surface area contributed by atoms with Crippen LogP contribution in [-0.2, 0) is 18.6 Å². The van der Waals surface area contributed by atoms with Crippen molar-refractivity contribution in [1.29, 1.82) is 0 Å². The molecule has 20 heavy (non-hydrogen) atoms. The van der Waals surface area contributed by atoms with E-state index in [2.05, 4.69) is 6.58 Å². The van der Waals surface area contributed by atoms with Crippen LogP contribution in [0.4, 0.5) is 0 Å². The van der Waals surface area contributed by atoms with E-state index in [-0.39, 0.29) is 22.4 Å². The van der Waals surface area contributed by atoms with Gasteiger partial charge in [0.15, 0.2) is 0 Å². The van der Waals surface area contributed by atoms with Gasteiger partial charge in [-0.05, 0) is 60.8 Å². The quantitative estimate of drug-likeness (QED) is 0.729. The molecule has 0 unspecified atom stereocenters. The average molecular weight is 280 g/mol. The van der Waals surface area contributed by atoms with Crippen LogP contribution in [0.3, 0.4) is 0 Å². The van der Waals surface area contributed by atoms with Gasteiger partial charge in [-0.25, -0.2) is 0 Å². The molecule has 6 heteroatoms. The second kappa shape index (κ2) is 4.35. The van der Waals surface area contributed by atoms with Crippen LogP contribution in [0.2, 0.25) is 0 Å². The maximum absolute atomic E-state index is 5.99. The summed E-state index contributed by atoms with van der Waals surface area (Å²) in [5, 5.41) is 0.683. The van der Waals surface area contributed by atoms with Crippen LogP contribution >= 0.6 is 0 Å². The van der Waals surface area contributed by atoms with Crippen LogP contribution in [0, 0.1) is 0 Å². The van der Waals surface area contributed by atoms with Crippen LogP contribution in [0.1, 0.15) is 55.4 Å². The maximum Gasteiger partial charge on any atom is 0.486 e. The molecule has 0 radical (unpaired) electrons. The van der Waals surface area contributed by atoms with E-state index in [9.17, 15) is 0 Å². The average Bonchev–Trinajstić information content (AvgIpc) is 2.57. The van der Waals surface area contributed by atoms with E-state index in [0.717, 1.165) is 0 Å². The normalized spacial score (nSPS) is 29.8. The first kappa shape index (κ1) is 16.1. The summed E-state index contributed by atoms with van der Waals surface area (Å²) in [5.74, 6) is 0. The zero-order valence-electron chi connectivity index (χ0n) is 14.0. The molecule has 0 aliphatic carbocycles. The Hall–Kier alpha value is -0.290. The van der Waals surface area contributed by atoms with Crippen LogP contribution in [-0.4, -0.2) is 36.6 Å². The van der Waals surface area contributed by atoms with Gasteiger partial charge in [0.25, 0.3) is 0 Å². The largest absolute Gasteiger partial charge is 0.486 e. The molecule has 112 valence electrons. The van der Waals surface area contributed by atoms with Crippen molar-refractivity contribution in [3.05, 3.63) is 12.0 Å². The predicted molar refractivity (Wildman–Crippen MR) is 81.3 cm³/mol. The standard InChI is InChI=1S/C14H26B2O4/c1-10(15-17-11(2,3)12(4,5)18-15)16-19-13(6,7)14(8,9)20-16/h1H2,2-9H3. The van der Waals surface area contributed by atoms with Gasteiger partial charge >= 0.3 is 14.2 Å². The van der Waals surface area contributed by atoms with Gasteiger partial charge < -0.3 is 18.6 Å². The SMILES string of the molecule is C=C(B1OC(C)(C)C(C)(C)O1)B1OC(C)(C)C(C)(C)O1. The lowest BCUT2D eigenvalue weighted by Gasteiger charge is -2.32. The summed E-state index contributed by atoms with van der Waals surface area (Å²) in [4.78, 5) is 0. The van der Waals surface area contributed by atoms with E-state index in [0.29, 0.717) is 5.37 Å². The van der Waals surface area contributed by atoms with Crippen molar-refractivity contribution in [3.63, 3.8) is 0 Å². The highest BCUT2D eigenvalue weighted by molar-refractivity contribution is 6.78. The lowest BCUT2D eigenvalue weighted by atomic mass is 9.58. The van der Waals surface area contributed by atoms with Crippen molar-refractivity contribution >= 4 is 14.2 Å². The van der Waals surface area contributed by atoms with Crippen molar-refractivity contribution < 1.29 is 18.6 Å². The van der Waals surface area contributed by atoms with Crippen molar-refractivity contribution in [1.82, 2.24) is 0 Å². The summed E-state index contributed by atoms with van der Waals surface area (Å²) in [5.41, 5.74) is -1.54. The first-order chi connectivity index (χ1) is 8.79. The van der Waals surface area contributed by atoms with E-state index < -0.39 is 14.2 Å². The first-order valence-electron chi connectivity index (χ1n) is 7.19. The highest BCUT2D eigenvalue weighted by atomic mass is 16.7. The number of rotatable bonds is 2. The molecular weight excluding hydrogens is 254 g/mol. The molecule has 0 aromatic rings. The Balaban J connectivity index is 2.12. The van der Waals surface area contributed by atoms with Crippen LogP contribution in [0.25, 0.3) is 0 Å². The van der Waals surface area contributed by atoms with Gasteiger partial charge in [0.05, 0.1) is 22.4 Å². The summed E-state index contributed by atoms with van der Waals surface area (Å²) in [6.07, 6.45) is 0. The second-order valence-electron chi connectivity index (χ2n) is 7.75. The molecule has 4 nitrogen and oxygen atoms in total. The van der Waals surface area contributed by atoms with Crippen LogP contribution in [0.15, 0.2) is 12.0 Å². The highest BCUT2D eigenvalue weighted by Gasteiger charge is 2.58.